The molecule has 1 atom stereocenters. The van der Waals surface area contributed by atoms with Crippen molar-refractivity contribution in [3.8, 4) is 0 Å². The van der Waals surface area contributed by atoms with Crippen molar-refractivity contribution in [2.75, 3.05) is 39.1 Å². The Morgan fingerprint density at radius 3 is 2.41 bits per heavy atom. The predicted octanol–water partition coefficient (Wildman–Crippen LogP) is 1.88. The molecule has 0 unspecified atom stereocenters. The summed E-state index contributed by atoms with van der Waals surface area (Å²) in [6.07, 6.45) is -0.664. The highest BCUT2D eigenvalue weighted by Gasteiger charge is 2.12. The first kappa shape index (κ1) is 13.9. The van der Waals surface area contributed by atoms with E-state index >= 15 is 0 Å². The maximum Gasteiger partial charge on any atom is 0.123 e. The van der Waals surface area contributed by atoms with Gasteiger partial charge in [0.2, 0.25) is 0 Å². The summed E-state index contributed by atoms with van der Waals surface area (Å²) >= 11 is 0. The zero-order valence-electron chi connectivity index (χ0n) is 10.9. The van der Waals surface area contributed by atoms with Gasteiger partial charge in [0.05, 0.1) is 6.10 Å². The lowest BCUT2D eigenvalue weighted by Gasteiger charge is -2.25. The molecule has 96 valence electrons. The van der Waals surface area contributed by atoms with Gasteiger partial charge in [0.25, 0.3) is 0 Å². The molecule has 0 saturated heterocycles. The number of rotatable bonds is 5. The standard InChI is InChI=1S/C13H21FN2O/c1-10(17)12-9-11(14)5-6-13(12)16(4)8-7-15(2)3/h5-6,9-10,17H,7-8H2,1-4H3/t10-/m1/s1. The molecule has 4 heteroatoms. The van der Waals surface area contributed by atoms with Gasteiger partial charge in [0.1, 0.15) is 5.82 Å². The van der Waals surface area contributed by atoms with Gasteiger partial charge in [-0.2, -0.15) is 0 Å². The average molecular weight is 240 g/mol. The Hall–Kier alpha value is -1.13. The topological polar surface area (TPSA) is 26.7 Å². The van der Waals surface area contributed by atoms with E-state index in [9.17, 15) is 9.50 Å². The minimum atomic E-state index is -0.664. The first-order chi connectivity index (χ1) is 7.91. The maximum atomic E-state index is 13.1. The minimum absolute atomic E-state index is 0.314. The largest absolute Gasteiger partial charge is 0.389 e. The summed E-state index contributed by atoms with van der Waals surface area (Å²) in [5.41, 5.74) is 1.51. The summed E-state index contributed by atoms with van der Waals surface area (Å²) in [4.78, 5) is 4.11. The van der Waals surface area contributed by atoms with Crippen molar-refractivity contribution < 1.29 is 9.50 Å². The van der Waals surface area contributed by atoms with Crippen LogP contribution >= 0.6 is 0 Å². The molecule has 3 nitrogen and oxygen atoms in total. The van der Waals surface area contributed by atoms with E-state index in [1.165, 1.54) is 12.1 Å². The molecule has 0 aliphatic heterocycles. The number of halogens is 1. The number of anilines is 1. The number of nitrogens with zero attached hydrogens (tertiary/aromatic N) is 2. The molecule has 0 bridgehead atoms. The summed E-state index contributed by atoms with van der Waals surface area (Å²) < 4.78 is 13.1. The second-order valence-electron chi connectivity index (χ2n) is 4.60. The van der Waals surface area contributed by atoms with Crippen LogP contribution in [0.3, 0.4) is 0 Å². The van der Waals surface area contributed by atoms with Crippen LogP contribution in [0.2, 0.25) is 0 Å². The quantitative estimate of drug-likeness (QED) is 0.851. The van der Waals surface area contributed by atoms with Crippen LogP contribution in [0.5, 0.6) is 0 Å². The van der Waals surface area contributed by atoms with E-state index in [0.717, 1.165) is 18.8 Å². The molecule has 1 N–H and O–H groups in total. The molecular weight excluding hydrogens is 219 g/mol. The molecule has 17 heavy (non-hydrogen) atoms. The first-order valence-electron chi connectivity index (χ1n) is 5.75. The van der Waals surface area contributed by atoms with Gasteiger partial charge in [-0.05, 0) is 39.2 Å². The van der Waals surface area contributed by atoms with E-state index in [4.69, 9.17) is 0 Å². The van der Waals surface area contributed by atoms with Crippen molar-refractivity contribution in [2.45, 2.75) is 13.0 Å². The van der Waals surface area contributed by atoms with Gasteiger partial charge in [-0.25, -0.2) is 4.39 Å². The summed E-state index contributed by atoms with van der Waals surface area (Å²) in [6, 6.07) is 4.53. The predicted molar refractivity (Wildman–Crippen MR) is 68.9 cm³/mol. The fourth-order valence-electron chi connectivity index (χ4n) is 1.68. The highest BCUT2D eigenvalue weighted by Crippen LogP contribution is 2.26. The summed E-state index contributed by atoms with van der Waals surface area (Å²) in [6.45, 7) is 3.39. The van der Waals surface area contributed by atoms with Crippen LogP contribution in [0.1, 0.15) is 18.6 Å². The second-order valence-corrected chi connectivity index (χ2v) is 4.60. The monoisotopic (exact) mass is 240 g/mol. The molecule has 0 spiro atoms. The molecule has 0 heterocycles. The van der Waals surface area contributed by atoms with Crippen LogP contribution in [0.25, 0.3) is 0 Å². The molecule has 1 aromatic rings. The number of likely N-dealkylation sites (N-methyl/N-ethyl adjacent to an activating group) is 2. The Balaban J connectivity index is 2.88. The van der Waals surface area contributed by atoms with E-state index in [1.54, 1.807) is 13.0 Å². The van der Waals surface area contributed by atoms with Gasteiger partial charge in [-0.1, -0.05) is 0 Å². The molecule has 0 amide bonds. The molecule has 0 saturated carbocycles. The molecule has 0 aliphatic carbocycles. The van der Waals surface area contributed by atoms with Crippen molar-refractivity contribution in [1.29, 1.82) is 0 Å². The first-order valence-corrected chi connectivity index (χ1v) is 5.75. The third-order valence-corrected chi connectivity index (χ3v) is 2.73. The van der Waals surface area contributed by atoms with E-state index in [2.05, 4.69) is 4.90 Å². The second kappa shape index (κ2) is 5.98. The molecule has 0 fully saturated rings. The number of benzene rings is 1. The van der Waals surface area contributed by atoms with Crippen LogP contribution in [0.15, 0.2) is 18.2 Å². The van der Waals surface area contributed by atoms with Gasteiger partial charge in [-0.3, -0.25) is 0 Å². The summed E-state index contributed by atoms with van der Waals surface area (Å²) in [5, 5.41) is 9.65. The lowest BCUT2D eigenvalue weighted by atomic mass is 10.1. The van der Waals surface area contributed by atoms with Crippen molar-refractivity contribution in [2.24, 2.45) is 0 Å². The number of hydrogen-bond acceptors (Lipinski definition) is 3. The number of aliphatic hydroxyl groups excluding tert-OH is 1. The van der Waals surface area contributed by atoms with Gasteiger partial charge in [0.15, 0.2) is 0 Å². The van der Waals surface area contributed by atoms with Crippen LogP contribution in [-0.2, 0) is 0 Å². The molecule has 1 rings (SSSR count). The Labute approximate surface area is 102 Å². The van der Waals surface area contributed by atoms with Crippen LogP contribution < -0.4 is 4.90 Å². The fourth-order valence-corrected chi connectivity index (χ4v) is 1.68. The lowest BCUT2D eigenvalue weighted by molar-refractivity contribution is 0.199. The fraction of sp³-hybridized carbons (Fsp3) is 0.538. The minimum Gasteiger partial charge on any atom is -0.389 e. The lowest BCUT2D eigenvalue weighted by Crippen LogP contribution is -2.29. The highest BCUT2D eigenvalue weighted by molar-refractivity contribution is 5.54. The molecule has 0 radical (unpaired) electrons. The summed E-state index contributed by atoms with van der Waals surface area (Å²) in [7, 11) is 5.96. The zero-order valence-corrected chi connectivity index (χ0v) is 10.9. The molecule has 0 aliphatic rings. The van der Waals surface area contributed by atoms with Gasteiger partial charge in [-0.15, -0.1) is 0 Å². The van der Waals surface area contributed by atoms with E-state index in [-0.39, 0.29) is 5.82 Å². The maximum absolute atomic E-state index is 13.1. The summed E-state index contributed by atoms with van der Waals surface area (Å²) in [5.74, 6) is -0.314. The van der Waals surface area contributed by atoms with Crippen molar-refractivity contribution >= 4 is 5.69 Å². The Morgan fingerprint density at radius 1 is 1.24 bits per heavy atom. The van der Waals surface area contributed by atoms with Gasteiger partial charge < -0.3 is 14.9 Å². The number of aliphatic hydroxyl groups is 1. The Morgan fingerprint density at radius 2 is 1.88 bits per heavy atom. The van der Waals surface area contributed by atoms with E-state index in [1.807, 2.05) is 26.0 Å². The van der Waals surface area contributed by atoms with Crippen LogP contribution in [-0.4, -0.2) is 44.2 Å². The Kier molecular flexibility index (Phi) is 4.90. The molecule has 0 aromatic heterocycles. The Bertz CT molecular complexity index is 366. The average Bonchev–Trinajstić information content (AvgIpc) is 2.25. The third kappa shape index (κ3) is 3.98. The van der Waals surface area contributed by atoms with Crippen molar-refractivity contribution in [3.05, 3.63) is 29.6 Å². The SMILES string of the molecule is C[C@@H](O)c1cc(F)ccc1N(C)CCN(C)C. The van der Waals surface area contributed by atoms with Crippen molar-refractivity contribution in [3.63, 3.8) is 0 Å². The highest BCUT2D eigenvalue weighted by atomic mass is 19.1. The van der Waals surface area contributed by atoms with Gasteiger partial charge >= 0.3 is 0 Å². The smallest absolute Gasteiger partial charge is 0.123 e. The van der Waals surface area contributed by atoms with Crippen LogP contribution in [0, 0.1) is 5.82 Å². The number of hydrogen-bond donors (Lipinski definition) is 1. The zero-order chi connectivity index (χ0) is 13.0. The van der Waals surface area contributed by atoms with E-state index < -0.39 is 6.10 Å². The van der Waals surface area contributed by atoms with E-state index in [0.29, 0.717) is 5.56 Å². The molecular formula is C13H21FN2O. The van der Waals surface area contributed by atoms with Gasteiger partial charge in [0, 0.05) is 31.4 Å². The van der Waals surface area contributed by atoms with Crippen molar-refractivity contribution in [1.82, 2.24) is 4.90 Å². The molecule has 1 aromatic carbocycles. The van der Waals surface area contributed by atoms with Crippen LogP contribution in [0.4, 0.5) is 10.1 Å². The normalized spacial score (nSPS) is 12.9. The third-order valence-electron chi connectivity index (χ3n) is 2.73.